The Morgan fingerprint density at radius 3 is 2.50 bits per heavy atom. The summed E-state index contributed by atoms with van der Waals surface area (Å²) in [4.78, 5) is 11.2. The molecule has 34 heavy (non-hydrogen) atoms. The Balaban J connectivity index is 1.53. The van der Waals surface area contributed by atoms with Gasteiger partial charge in [-0.2, -0.15) is 0 Å². The number of carboxylic acids is 1. The summed E-state index contributed by atoms with van der Waals surface area (Å²) in [6, 6.07) is 21.3. The van der Waals surface area contributed by atoms with Gasteiger partial charge in [0.15, 0.2) is 0 Å². The molecule has 0 spiro atoms. The fourth-order valence-corrected chi connectivity index (χ4v) is 4.33. The van der Waals surface area contributed by atoms with Crippen LogP contribution in [0.5, 0.6) is 5.75 Å². The fraction of sp³-hybridized carbons (Fsp3) is 0.207. The number of hydrogen-bond acceptors (Lipinski definition) is 2. The van der Waals surface area contributed by atoms with E-state index >= 15 is 0 Å². The average molecular weight is 458 g/mol. The highest BCUT2D eigenvalue weighted by Crippen LogP contribution is 2.29. The molecule has 0 fully saturated rings. The van der Waals surface area contributed by atoms with Gasteiger partial charge in [0, 0.05) is 24.0 Å². The van der Waals surface area contributed by atoms with Crippen LogP contribution in [-0.2, 0) is 17.9 Å². The minimum absolute atomic E-state index is 0.0446. The number of halogens is 1. The van der Waals surface area contributed by atoms with Gasteiger partial charge in [0.05, 0.1) is 11.9 Å². The average Bonchev–Trinajstić information content (AvgIpc) is 3.14. The number of carboxylic acid groups (broad SMARTS) is 1. The van der Waals surface area contributed by atoms with Crippen molar-refractivity contribution < 1.29 is 19.0 Å². The van der Waals surface area contributed by atoms with Crippen molar-refractivity contribution in [1.29, 1.82) is 0 Å². The molecule has 1 heterocycles. The van der Waals surface area contributed by atoms with Gasteiger partial charge in [0.25, 0.3) is 0 Å². The lowest BCUT2D eigenvalue weighted by atomic mass is 9.95. The molecule has 4 rings (SSSR count). The summed E-state index contributed by atoms with van der Waals surface area (Å²) < 4.78 is 22.6. The molecule has 0 saturated carbocycles. The van der Waals surface area contributed by atoms with Crippen molar-refractivity contribution in [1.82, 2.24) is 4.57 Å². The molecule has 4 aromatic rings. The molecule has 4 nitrogen and oxygen atoms in total. The van der Waals surface area contributed by atoms with Gasteiger partial charge in [-0.05, 0) is 54.3 Å². The molecule has 0 aliphatic rings. The maximum Gasteiger partial charge on any atom is 0.304 e. The molecule has 1 aromatic heterocycles. The third kappa shape index (κ3) is 5.20. The van der Waals surface area contributed by atoms with Crippen molar-refractivity contribution in [3.8, 4) is 5.75 Å². The first-order chi connectivity index (χ1) is 16.5. The van der Waals surface area contributed by atoms with E-state index in [1.54, 1.807) is 6.20 Å². The molecule has 0 unspecified atom stereocenters. The lowest BCUT2D eigenvalue weighted by Gasteiger charge is -2.14. The van der Waals surface area contributed by atoms with Gasteiger partial charge in [-0.1, -0.05) is 60.7 Å². The zero-order chi connectivity index (χ0) is 24.1. The van der Waals surface area contributed by atoms with Crippen molar-refractivity contribution in [2.45, 2.75) is 39.3 Å². The van der Waals surface area contributed by atoms with Crippen molar-refractivity contribution in [3.63, 3.8) is 0 Å². The minimum Gasteiger partial charge on any atom is -0.489 e. The zero-order valence-electron chi connectivity index (χ0n) is 19.4. The molecule has 0 saturated heterocycles. The van der Waals surface area contributed by atoms with Crippen LogP contribution in [0.15, 0.2) is 85.1 Å². The van der Waals surface area contributed by atoms with Crippen molar-refractivity contribution >= 4 is 16.9 Å². The molecule has 1 atom stereocenters. The predicted molar refractivity (Wildman–Crippen MR) is 133 cm³/mol. The summed E-state index contributed by atoms with van der Waals surface area (Å²) >= 11 is 0. The normalized spacial score (nSPS) is 12.3. The first-order valence-corrected chi connectivity index (χ1v) is 11.3. The monoisotopic (exact) mass is 457 g/mol. The van der Waals surface area contributed by atoms with Crippen molar-refractivity contribution in [2.75, 3.05) is 0 Å². The third-order valence-electron chi connectivity index (χ3n) is 6.07. The van der Waals surface area contributed by atoms with Crippen LogP contribution >= 0.6 is 0 Å². The maximum atomic E-state index is 14.6. The highest BCUT2D eigenvalue weighted by molar-refractivity contribution is 5.85. The Hall–Kier alpha value is -3.86. The van der Waals surface area contributed by atoms with E-state index in [1.165, 1.54) is 0 Å². The van der Waals surface area contributed by atoms with Crippen LogP contribution in [-0.4, -0.2) is 15.6 Å². The molecular weight excluding hydrogens is 429 g/mol. The molecular formula is C29H28FNO3. The molecule has 0 radical (unpaired) electrons. The summed E-state index contributed by atoms with van der Waals surface area (Å²) in [5.41, 5.74) is 4.89. The Bertz CT molecular complexity index is 1310. The number of rotatable bonds is 9. The SMILES string of the molecule is CC=C[C@H](CC(=O)O)c1ccc(OCc2ccc3c(F)cn(Cc4ccccc4)c3c2C)cc1. The van der Waals surface area contributed by atoms with Gasteiger partial charge in [-0.3, -0.25) is 4.79 Å². The highest BCUT2D eigenvalue weighted by Gasteiger charge is 2.15. The number of allylic oxidation sites excluding steroid dienone is 2. The van der Waals surface area contributed by atoms with Crippen LogP contribution in [0.4, 0.5) is 4.39 Å². The number of carbonyl (C=O) groups is 1. The summed E-state index contributed by atoms with van der Waals surface area (Å²) in [7, 11) is 0. The molecule has 3 aromatic carbocycles. The largest absolute Gasteiger partial charge is 0.489 e. The number of benzene rings is 3. The summed E-state index contributed by atoms with van der Waals surface area (Å²) in [5, 5.41) is 9.76. The molecule has 5 heteroatoms. The molecule has 0 aliphatic heterocycles. The number of aryl methyl sites for hydroxylation is 1. The first kappa shape index (κ1) is 23.3. The minimum atomic E-state index is -0.831. The maximum absolute atomic E-state index is 14.6. The molecule has 0 bridgehead atoms. The molecule has 174 valence electrons. The van der Waals surface area contributed by atoms with E-state index in [2.05, 4.69) is 0 Å². The smallest absolute Gasteiger partial charge is 0.304 e. The van der Waals surface area contributed by atoms with Crippen molar-refractivity contribution in [3.05, 3.63) is 113 Å². The van der Waals surface area contributed by atoms with Gasteiger partial charge in [-0.25, -0.2) is 4.39 Å². The first-order valence-electron chi connectivity index (χ1n) is 11.3. The van der Waals surface area contributed by atoms with E-state index in [9.17, 15) is 9.18 Å². The topological polar surface area (TPSA) is 51.5 Å². The summed E-state index contributed by atoms with van der Waals surface area (Å²) in [6.45, 7) is 4.83. The lowest BCUT2D eigenvalue weighted by Crippen LogP contribution is -2.04. The van der Waals surface area contributed by atoms with Gasteiger partial charge in [0.1, 0.15) is 18.2 Å². The number of hydrogen-bond donors (Lipinski definition) is 1. The van der Waals surface area contributed by atoms with E-state index in [0.29, 0.717) is 24.3 Å². The van der Waals surface area contributed by atoms with Crippen LogP contribution in [0, 0.1) is 12.7 Å². The summed E-state index contributed by atoms with van der Waals surface area (Å²) in [5.74, 6) is -0.533. The number of aliphatic carboxylic acids is 1. The van der Waals surface area contributed by atoms with Crippen LogP contribution < -0.4 is 4.74 Å². The van der Waals surface area contributed by atoms with E-state index in [1.807, 2.05) is 97.3 Å². The Kier molecular flexibility index (Phi) is 7.12. The standard InChI is InChI=1S/C29H28FNO3/c1-3-7-23(16-28(32)33)22-10-13-25(14-11-22)34-19-24-12-15-26-27(30)18-31(29(26)20(24)2)17-21-8-5-4-6-9-21/h3-15,18,23H,16-17,19H2,1-2H3,(H,32,33)/t23-/m1/s1. The van der Waals surface area contributed by atoms with E-state index in [0.717, 1.165) is 27.8 Å². The van der Waals surface area contributed by atoms with Crippen LogP contribution in [0.3, 0.4) is 0 Å². The van der Waals surface area contributed by atoms with Gasteiger partial charge in [0.2, 0.25) is 0 Å². The zero-order valence-corrected chi connectivity index (χ0v) is 19.4. The summed E-state index contributed by atoms with van der Waals surface area (Å²) in [6.07, 6.45) is 5.37. The Labute approximate surface area is 198 Å². The predicted octanol–water partition coefficient (Wildman–Crippen LogP) is 6.85. The quantitative estimate of drug-likeness (QED) is 0.280. The van der Waals surface area contributed by atoms with Crippen LogP contribution in [0.25, 0.3) is 10.9 Å². The molecule has 0 amide bonds. The second-order valence-corrected chi connectivity index (χ2v) is 8.42. The van der Waals surface area contributed by atoms with Crippen molar-refractivity contribution in [2.24, 2.45) is 0 Å². The number of fused-ring (bicyclic) bond motifs is 1. The fourth-order valence-electron chi connectivity index (χ4n) is 4.33. The van der Waals surface area contributed by atoms with Crippen LogP contribution in [0.1, 0.15) is 41.5 Å². The third-order valence-corrected chi connectivity index (χ3v) is 6.07. The second kappa shape index (κ2) is 10.4. The van der Waals surface area contributed by atoms with E-state index in [-0.39, 0.29) is 18.2 Å². The van der Waals surface area contributed by atoms with E-state index < -0.39 is 5.97 Å². The number of nitrogens with zero attached hydrogens (tertiary/aromatic N) is 1. The van der Waals surface area contributed by atoms with Crippen LogP contribution in [0.2, 0.25) is 0 Å². The molecule has 1 N–H and O–H groups in total. The second-order valence-electron chi connectivity index (χ2n) is 8.42. The van der Waals surface area contributed by atoms with Gasteiger partial charge >= 0.3 is 5.97 Å². The highest BCUT2D eigenvalue weighted by atomic mass is 19.1. The Morgan fingerprint density at radius 2 is 1.82 bits per heavy atom. The number of aromatic nitrogens is 1. The molecule has 0 aliphatic carbocycles. The van der Waals surface area contributed by atoms with Gasteiger partial charge < -0.3 is 14.4 Å². The van der Waals surface area contributed by atoms with E-state index in [4.69, 9.17) is 9.84 Å². The number of ether oxygens (including phenoxy) is 1. The van der Waals surface area contributed by atoms with Gasteiger partial charge in [-0.15, -0.1) is 0 Å². The lowest BCUT2D eigenvalue weighted by molar-refractivity contribution is -0.137. The Morgan fingerprint density at radius 1 is 1.09 bits per heavy atom.